The molecule has 170 valence electrons. The molecule has 2 heterocycles. The molecule has 1 aromatic carbocycles. The van der Waals surface area contributed by atoms with Crippen LogP contribution in [0.15, 0.2) is 29.2 Å². The Labute approximate surface area is 184 Å². The maximum Gasteiger partial charge on any atom is 0.253 e. The van der Waals surface area contributed by atoms with Gasteiger partial charge in [0.1, 0.15) is 0 Å². The summed E-state index contributed by atoms with van der Waals surface area (Å²) in [7, 11) is -3.53. The summed E-state index contributed by atoms with van der Waals surface area (Å²) in [5, 5.41) is 0. The minimum atomic E-state index is -3.53. The zero-order valence-electron chi connectivity index (χ0n) is 18.1. The topological polar surface area (TPSA) is 96.0 Å². The highest BCUT2D eigenvalue weighted by Crippen LogP contribution is 2.25. The number of hydrogen-bond acceptors (Lipinski definition) is 5. The number of ether oxygens (including phenoxy) is 1. The van der Waals surface area contributed by atoms with E-state index in [0.29, 0.717) is 44.6 Å². The standard InChI is InChI=1S/C22H31N3O5S/c1-15-13-25(14-16(2)30-15)22(27)18-9-11-24(12-10-18)21(26)17-3-7-20(8-4-17)31(28,29)23-19-5-6-19/h3-4,7-8,15-16,18-19,23H,5-6,9-14H2,1-2H3. The van der Waals surface area contributed by atoms with Crippen molar-refractivity contribution in [2.45, 2.75) is 62.7 Å². The molecule has 0 bridgehead atoms. The van der Waals surface area contributed by atoms with E-state index in [9.17, 15) is 18.0 Å². The highest BCUT2D eigenvalue weighted by Gasteiger charge is 2.34. The molecule has 31 heavy (non-hydrogen) atoms. The fraction of sp³-hybridized carbons (Fsp3) is 0.636. The second-order valence-corrected chi connectivity index (χ2v) is 10.7. The van der Waals surface area contributed by atoms with Crippen LogP contribution >= 0.6 is 0 Å². The first kappa shape index (κ1) is 22.2. The molecule has 1 N–H and O–H groups in total. The van der Waals surface area contributed by atoms with Gasteiger partial charge in [-0.2, -0.15) is 0 Å². The maximum atomic E-state index is 12.9. The molecule has 1 aromatic rings. The molecule has 1 saturated carbocycles. The number of nitrogens with zero attached hydrogens (tertiary/aromatic N) is 2. The number of piperidine rings is 1. The normalized spacial score (nSPS) is 25.5. The van der Waals surface area contributed by atoms with Gasteiger partial charge in [-0.05, 0) is 63.8 Å². The van der Waals surface area contributed by atoms with Crippen LogP contribution in [0.5, 0.6) is 0 Å². The van der Waals surface area contributed by atoms with Gasteiger partial charge in [-0.25, -0.2) is 13.1 Å². The number of hydrogen-bond donors (Lipinski definition) is 1. The Kier molecular flexibility index (Phi) is 6.37. The quantitative estimate of drug-likeness (QED) is 0.737. The van der Waals surface area contributed by atoms with Crippen molar-refractivity contribution < 1.29 is 22.7 Å². The fourth-order valence-electron chi connectivity index (χ4n) is 4.39. The first-order valence-electron chi connectivity index (χ1n) is 11.1. The molecule has 2 unspecified atom stereocenters. The highest BCUT2D eigenvalue weighted by molar-refractivity contribution is 7.89. The lowest BCUT2D eigenvalue weighted by Crippen LogP contribution is -2.51. The molecule has 3 aliphatic rings. The zero-order chi connectivity index (χ0) is 22.2. The molecule has 2 aliphatic heterocycles. The molecular weight excluding hydrogens is 418 g/mol. The van der Waals surface area contributed by atoms with Crippen LogP contribution in [0.1, 0.15) is 49.9 Å². The van der Waals surface area contributed by atoms with Crippen LogP contribution in [-0.2, 0) is 19.6 Å². The average molecular weight is 450 g/mol. The molecule has 9 heteroatoms. The Hall–Kier alpha value is -1.97. The number of carbonyl (C=O) groups is 2. The summed E-state index contributed by atoms with van der Waals surface area (Å²) >= 11 is 0. The zero-order valence-corrected chi connectivity index (χ0v) is 18.9. The third-order valence-electron chi connectivity index (χ3n) is 6.17. The molecule has 0 radical (unpaired) electrons. The molecule has 4 rings (SSSR count). The van der Waals surface area contributed by atoms with Crippen molar-refractivity contribution in [2.75, 3.05) is 26.2 Å². The second-order valence-electron chi connectivity index (χ2n) is 8.99. The molecule has 0 spiro atoms. The molecule has 3 fully saturated rings. The number of benzene rings is 1. The number of likely N-dealkylation sites (tertiary alicyclic amines) is 1. The number of morpholine rings is 1. The Balaban J connectivity index is 1.32. The van der Waals surface area contributed by atoms with Crippen molar-refractivity contribution in [1.29, 1.82) is 0 Å². The second kappa shape index (κ2) is 8.88. The van der Waals surface area contributed by atoms with Crippen LogP contribution in [0.25, 0.3) is 0 Å². The van der Waals surface area contributed by atoms with E-state index < -0.39 is 10.0 Å². The van der Waals surface area contributed by atoms with Crippen LogP contribution in [0, 0.1) is 5.92 Å². The van der Waals surface area contributed by atoms with Gasteiger partial charge < -0.3 is 14.5 Å². The van der Waals surface area contributed by atoms with E-state index in [0.717, 1.165) is 12.8 Å². The van der Waals surface area contributed by atoms with Gasteiger partial charge in [0.05, 0.1) is 17.1 Å². The third kappa shape index (κ3) is 5.27. The van der Waals surface area contributed by atoms with Crippen molar-refractivity contribution in [3.05, 3.63) is 29.8 Å². The van der Waals surface area contributed by atoms with Crippen LogP contribution in [0.2, 0.25) is 0 Å². The first-order chi connectivity index (χ1) is 14.7. The van der Waals surface area contributed by atoms with E-state index in [4.69, 9.17) is 4.74 Å². The molecule has 8 nitrogen and oxygen atoms in total. The van der Waals surface area contributed by atoms with E-state index in [2.05, 4.69) is 4.72 Å². The molecule has 2 saturated heterocycles. The Morgan fingerprint density at radius 2 is 1.52 bits per heavy atom. The molecule has 1 aliphatic carbocycles. The minimum absolute atomic E-state index is 0.0409. The summed E-state index contributed by atoms with van der Waals surface area (Å²) in [5.41, 5.74) is 0.464. The van der Waals surface area contributed by atoms with Gasteiger partial charge in [0, 0.05) is 43.7 Å². The van der Waals surface area contributed by atoms with Crippen LogP contribution in [0.3, 0.4) is 0 Å². The number of nitrogens with one attached hydrogen (secondary N) is 1. The number of carbonyl (C=O) groups excluding carboxylic acids is 2. The van der Waals surface area contributed by atoms with Gasteiger partial charge in [0.25, 0.3) is 5.91 Å². The number of rotatable bonds is 5. The van der Waals surface area contributed by atoms with Crippen molar-refractivity contribution >= 4 is 21.8 Å². The van der Waals surface area contributed by atoms with Gasteiger partial charge in [0.15, 0.2) is 0 Å². The Morgan fingerprint density at radius 1 is 0.935 bits per heavy atom. The monoisotopic (exact) mass is 449 g/mol. The smallest absolute Gasteiger partial charge is 0.253 e. The highest BCUT2D eigenvalue weighted by atomic mass is 32.2. The predicted octanol–water partition coefficient (Wildman–Crippen LogP) is 1.62. The van der Waals surface area contributed by atoms with Crippen LogP contribution in [0.4, 0.5) is 0 Å². The summed E-state index contributed by atoms with van der Waals surface area (Å²) in [6.07, 6.45) is 3.11. The predicted molar refractivity (Wildman–Crippen MR) is 115 cm³/mol. The van der Waals surface area contributed by atoms with Gasteiger partial charge >= 0.3 is 0 Å². The van der Waals surface area contributed by atoms with Crippen LogP contribution < -0.4 is 4.72 Å². The Morgan fingerprint density at radius 3 is 2.06 bits per heavy atom. The maximum absolute atomic E-state index is 12.9. The lowest BCUT2D eigenvalue weighted by molar-refractivity contribution is -0.148. The summed E-state index contributed by atoms with van der Waals surface area (Å²) in [5.74, 6) is -0.0343. The van der Waals surface area contributed by atoms with Crippen molar-refractivity contribution in [2.24, 2.45) is 5.92 Å². The van der Waals surface area contributed by atoms with E-state index in [1.807, 2.05) is 18.7 Å². The van der Waals surface area contributed by atoms with E-state index in [-0.39, 0.29) is 40.9 Å². The third-order valence-corrected chi connectivity index (χ3v) is 7.71. The van der Waals surface area contributed by atoms with Gasteiger partial charge in [0.2, 0.25) is 15.9 Å². The molecule has 2 atom stereocenters. The van der Waals surface area contributed by atoms with Crippen molar-refractivity contribution in [3.63, 3.8) is 0 Å². The largest absolute Gasteiger partial charge is 0.372 e. The molecule has 2 amide bonds. The van der Waals surface area contributed by atoms with Gasteiger partial charge in [-0.3, -0.25) is 9.59 Å². The average Bonchev–Trinajstić information content (AvgIpc) is 3.55. The summed E-state index contributed by atoms with van der Waals surface area (Å²) in [6.45, 7) is 6.24. The van der Waals surface area contributed by atoms with Crippen molar-refractivity contribution in [1.82, 2.24) is 14.5 Å². The summed E-state index contributed by atoms with van der Waals surface area (Å²) in [4.78, 5) is 29.6. The van der Waals surface area contributed by atoms with Gasteiger partial charge in [-0.15, -0.1) is 0 Å². The summed E-state index contributed by atoms with van der Waals surface area (Å²) in [6, 6.07) is 6.14. The lowest BCUT2D eigenvalue weighted by Gasteiger charge is -2.39. The lowest BCUT2D eigenvalue weighted by atomic mass is 9.94. The summed E-state index contributed by atoms with van der Waals surface area (Å²) < 4.78 is 32.9. The first-order valence-corrected chi connectivity index (χ1v) is 12.6. The van der Waals surface area contributed by atoms with Crippen molar-refractivity contribution in [3.8, 4) is 0 Å². The van der Waals surface area contributed by atoms with Gasteiger partial charge in [-0.1, -0.05) is 0 Å². The Bertz CT molecular complexity index is 911. The van der Waals surface area contributed by atoms with Crippen LogP contribution in [-0.4, -0.2) is 74.5 Å². The SMILES string of the molecule is CC1CN(C(=O)C2CCN(C(=O)c3ccc(S(=O)(=O)NC4CC4)cc3)CC2)CC(C)O1. The van der Waals surface area contributed by atoms with E-state index in [1.54, 1.807) is 17.0 Å². The molecular formula is C22H31N3O5S. The minimum Gasteiger partial charge on any atom is -0.372 e. The fourth-order valence-corrected chi connectivity index (χ4v) is 5.70. The molecule has 0 aromatic heterocycles. The van der Waals surface area contributed by atoms with E-state index >= 15 is 0 Å². The number of sulfonamides is 1. The number of amides is 2. The van der Waals surface area contributed by atoms with E-state index in [1.165, 1.54) is 12.1 Å².